The summed E-state index contributed by atoms with van der Waals surface area (Å²) in [4.78, 5) is 12.4. The van der Waals surface area contributed by atoms with Gasteiger partial charge in [0.2, 0.25) is 0 Å². The fraction of sp³-hybridized carbons (Fsp3) is 0.250. The van der Waals surface area contributed by atoms with E-state index < -0.39 is 0 Å². The molecule has 0 radical (unpaired) electrons. The quantitative estimate of drug-likeness (QED) is 0.913. The van der Waals surface area contributed by atoms with Gasteiger partial charge in [-0.25, -0.2) is 0 Å². The van der Waals surface area contributed by atoms with Crippen molar-refractivity contribution < 1.29 is 9.53 Å². The molecule has 0 fully saturated rings. The van der Waals surface area contributed by atoms with E-state index in [1.165, 1.54) is 0 Å². The van der Waals surface area contributed by atoms with E-state index in [9.17, 15) is 4.79 Å². The third-order valence-corrected chi connectivity index (χ3v) is 3.30. The van der Waals surface area contributed by atoms with Crippen LogP contribution in [0.4, 0.5) is 0 Å². The summed E-state index contributed by atoms with van der Waals surface area (Å²) in [5.74, 6) is 0.658. The predicted octanol–water partition coefficient (Wildman–Crippen LogP) is 1.79. The van der Waals surface area contributed by atoms with Crippen LogP contribution in [0.3, 0.4) is 0 Å². The fourth-order valence-corrected chi connectivity index (χ4v) is 2.02. The zero-order valence-corrected chi connectivity index (χ0v) is 11.0. The van der Waals surface area contributed by atoms with Gasteiger partial charge in [-0.1, -0.05) is 16.6 Å². The summed E-state index contributed by atoms with van der Waals surface area (Å²) in [6.45, 7) is 2.24. The molecule has 2 aromatic rings. The minimum atomic E-state index is -0.140. The lowest BCUT2D eigenvalue weighted by atomic mass is 10.2. The van der Waals surface area contributed by atoms with Gasteiger partial charge in [-0.3, -0.25) is 4.79 Å². The number of hydrogen-bond donors (Lipinski definition) is 1. The van der Waals surface area contributed by atoms with Crippen molar-refractivity contribution in [1.82, 2.24) is 14.9 Å². The van der Waals surface area contributed by atoms with E-state index in [0.717, 1.165) is 22.8 Å². The molecule has 1 aromatic heterocycles. The molecule has 1 aromatic carbocycles. The number of aryl methyl sites for hydroxylation is 1. The topological polar surface area (TPSA) is 64.1 Å². The Labute approximate surface area is 109 Å². The predicted molar refractivity (Wildman–Crippen MR) is 68.8 cm³/mol. The zero-order chi connectivity index (χ0) is 13.0. The number of carbonyl (C=O) groups is 1. The summed E-state index contributed by atoms with van der Waals surface area (Å²) in [6, 6.07) is 7.55. The summed E-state index contributed by atoms with van der Waals surface area (Å²) in [5.41, 5.74) is 1.67. The normalized spacial score (nSPS) is 10.1. The molecule has 0 aliphatic rings. The van der Waals surface area contributed by atoms with E-state index >= 15 is 0 Å². The number of hydrogen-bond acceptors (Lipinski definition) is 5. The molecular formula is C12H13N3O2S. The molecule has 0 spiro atoms. The Balaban J connectivity index is 1.95. The van der Waals surface area contributed by atoms with E-state index in [1.807, 2.05) is 24.3 Å². The van der Waals surface area contributed by atoms with Crippen molar-refractivity contribution in [1.29, 1.82) is 0 Å². The Hall–Kier alpha value is -1.95. The summed E-state index contributed by atoms with van der Waals surface area (Å²) in [5, 5.41) is 6.64. The number of nitrogens with zero attached hydrogens (tertiary/aromatic N) is 2. The standard InChI is InChI=1S/C12H13N3O2S/c1-8-11(18-15-14-8)12(16)13-7-9-3-5-10(17-2)6-4-9/h3-6H,7H2,1-2H3,(H,13,16). The molecule has 0 bridgehead atoms. The molecule has 18 heavy (non-hydrogen) atoms. The van der Waals surface area contributed by atoms with Crippen molar-refractivity contribution in [3.63, 3.8) is 0 Å². The smallest absolute Gasteiger partial charge is 0.265 e. The number of benzene rings is 1. The molecule has 6 heteroatoms. The zero-order valence-electron chi connectivity index (χ0n) is 10.1. The maximum absolute atomic E-state index is 11.8. The molecule has 0 saturated heterocycles. The second-order valence-corrected chi connectivity index (χ2v) is 4.47. The van der Waals surface area contributed by atoms with Crippen molar-refractivity contribution in [3.05, 3.63) is 40.4 Å². The summed E-state index contributed by atoms with van der Waals surface area (Å²) >= 11 is 1.11. The van der Waals surface area contributed by atoms with Crippen LogP contribution < -0.4 is 10.1 Å². The molecule has 1 heterocycles. The van der Waals surface area contributed by atoms with Gasteiger partial charge in [0.15, 0.2) is 0 Å². The SMILES string of the molecule is COc1ccc(CNC(=O)c2snnc2C)cc1. The second kappa shape index (κ2) is 5.59. The van der Waals surface area contributed by atoms with Crippen LogP contribution in [0.5, 0.6) is 5.75 Å². The first-order chi connectivity index (χ1) is 8.70. The van der Waals surface area contributed by atoms with Crippen LogP contribution in [0.2, 0.25) is 0 Å². The van der Waals surface area contributed by atoms with E-state index in [1.54, 1.807) is 14.0 Å². The van der Waals surface area contributed by atoms with E-state index in [0.29, 0.717) is 17.1 Å². The largest absolute Gasteiger partial charge is 0.497 e. The van der Waals surface area contributed by atoms with Crippen LogP contribution in [0.25, 0.3) is 0 Å². The van der Waals surface area contributed by atoms with Gasteiger partial charge < -0.3 is 10.1 Å². The lowest BCUT2D eigenvalue weighted by Gasteiger charge is -2.05. The van der Waals surface area contributed by atoms with Gasteiger partial charge in [0, 0.05) is 6.54 Å². The number of nitrogens with one attached hydrogen (secondary N) is 1. The Morgan fingerprint density at radius 2 is 2.11 bits per heavy atom. The van der Waals surface area contributed by atoms with Crippen molar-refractivity contribution in [3.8, 4) is 5.75 Å². The molecular weight excluding hydrogens is 250 g/mol. The van der Waals surface area contributed by atoms with E-state index in [2.05, 4.69) is 14.9 Å². The molecule has 1 amide bonds. The van der Waals surface area contributed by atoms with Crippen LogP contribution in [-0.4, -0.2) is 22.6 Å². The molecule has 1 N–H and O–H groups in total. The van der Waals surface area contributed by atoms with Crippen LogP contribution >= 0.6 is 11.5 Å². The minimum Gasteiger partial charge on any atom is -0.497 e. The summed E-state index contributed by atoms with van der Waals surface area (Å²) < 4.78 is 8.80. The first-order valence-corrected chi connectivity index (χ1v) is 6.18. The van der Waals surface area contributed by atoms with Gasteiger partial charge in [-0.2, -0.15) is 0 Å². The van der Waals surface area contributed by atoms with Crippen molar-refractivity contribution in [2.24, 2.45) is 0 Å². The van der Waals surface area contributed by atoms with Gasteiger partial charge in [0.1, 0.15) is 10.6 Å². The van der Waals surface area contributed by atoms with Crippen LogP contribution in [0, 0.1) is 6.92 Å². The first kappa shape index (κ1) is 12.5. The van der Waals surface area contributed by atoms with Gasteiger partial charge in [-0.05, 0) is 36.2 Å². The van der Waals surface area contributed by atoms with Gasteiger partial charge in [-0.15, -0.1) is 5.10 Å². The van der Waals surface area contributed by atoms with Gasteiger partial charge in [0.25, 0.3) is 5.91 Å². The van der Waals surface area contributed by atoms with Crippen molar-refractivity contribution in [2.75, 3.05) is 7.11 Å². The highest BCUT2D eigenvalue weighted by Gasteiger charge is 2.12. The number of carbonyl (C=O) groups excluding carboxylic acids is 1. The van der Waals surface area contributed by atoms with Crippen LogP contribution in [-0.2, 0) is 6.54 Å². The van der Waals surface area contributed by atoms with Crippen molar-refractivity contribution in [2.45, 2.75) is 13.5 Å². The number of amides is 1. The highest BCUT2D eigenvalue weighted by Crippen LogP contribution is 2.12. The lowest BCUT2D eigenvalue weighted by molar-refractivity contribution is 0.0954. The minimum absolute atomic E-state index is 0.140. The molecule has 0 saturated carbocycles. The molecule has 0 aliphatic carbocycles. The third kappa shape index (κ3) is 2.84. The molecule has 0 unspecified atom stereocenters. The molecule has 0 aliphatic heterocycles. The average Bonchev–Trinajstić information content (AvgIpc) is 2.83. The van der Waals surface area contributed by atoms with Crippen LogP contribution in [0.1, 0.15) is 20.9 Å². The Morgan fingerprint density at radius 1 is 1.39 bits per heavy atom. The van der Waals surface area contributed by atoms with Crippen LogP contribution in [0.15, 0.2) is 24.3 Å². The Morgan fingerprint density at radius 3 is 2.67 bits per heavy atom. The number of aromatic nitrogens is 2. The first-order valence-electron chi connectivity index (χ1n) is 5.41. The van der Waals surface area contributed by atoms with Gasteiger partial charge >= 0.3 is 0 Å². The summed E-state index contributed by atoms with van der Waals surface area (Å²) in [7, 11) is 1.62. The molecule has 0 atom stereocenters. The second-order valence-electron chi connectivity index (χ2n) is 3.72. The average molecular weight is 263 g/mol. The molecule has 94 valence electrons. The monoisotopic (exact) mass is 263 g/mol. The van der Waals surface area contributed by atoms with Gasteiger partial charge in [0.05, 0.1) is 12.8 Å². The van der Waals surface area contributed by atoms with E-state index in [4.69, 9.17) is 4.74 Å². The Bertz CT molecular complexity index is 537. The Kier molecular flexibility index (Phi) is 3.88. The molecule has 5 nitrogen and oxygen atoms in total. The third-order valence-electron chi connectivity index (χ3n) is 2.47. The molecule has 2 rings (SSSR count). The number of methoxy groups -OCH3 is 1. The maximum atomic E-state index is 11.8. The lowest BCUT2D eigenvalue weighted by Crippen LogP contribution is -2.22. The highest BCUT2D eigenvalue weighted by molar-refractivity contribution is 7.07. The fourth-order valence-electron chi connectivity index (χ4n) is 1.45. The maximum Gasteiger partial charge on any atom is 0.265 e. The number of ether oxygens (including phenoxy) is 1. The van der Waals surface area contributed by atoms with E-state index in [-0.39, 0.29) is 5.91 Å². The highest BCUT2D eigenvalue weighted by atomic mass is 32.1. The van der Waals surface area contributed by atoms with Crippen molar-refractivity contribution >= 4 is 17.4 Å². The number of rotatable bonds is 4. The summed E-state index contributed by atoms with van der Waals surface area (Å²) in [6.07, 6.45) is 0.